The van der Waals surface area contributed by atoms with Gasteiger partial charge < -0.3 is 19.4 Å². The summed E-state index contributed by atoms with van der Waals surface area (Å²) in [6, 6.07) is 7.64. The molecule has 1 aromatic carbocycles. The zero-order chi connectivity index (χ0) is 29.6. The Balaban J connectivity index is 1.25. The number of ether oxygens (including phenoxy) is 1. The number of ketones is 1. The van der Waals surface area contributed by atoms with Gasteiger partial charge in [0, 0.05) is 24.3 Å². The first-order chi connectivity index (χ1) is 20.1. The van der Waals surface area contributed by atoms with E-state index >= 15 is 0 Å². The second-order valence-electron chi connectivity index (χ2n) is 11.0. The van der Waals surface area contributed by atoms with Gasteiger partial charge in [0.25, 0.3) is 21.0 Å². The summed E-state index contributed by atoms with van der Waals surface area (Å²) in [6.07, 6.45) is 5.79. The van der Waals surface area contributed by atoms with Gasteiger partial charge in [0.05, 0.1) is 25.3 Å². The van der Waals surface area contributed by atoms with Crippen molar-refractivity contribution in [1.82, 2.24) is 19.5 Å². The molecule has 2 atom stereocenters. The van der Waals surface area contributed by atoms with Gasteiger partial charge in [-0.2, -0.15) is 4.31 Å². The highest BCUT2D eigenvalue weighted by atomic mass is 32.2. The minimum Gasteiger partial charge on any atom is -0.497 e. The van der Waals surface area contributed by atoms with Crippen molar-refractivity contribution in [1.29, 1.82) is 0 Å². The third-order valence-electron chi connectivity index (χ3n) is 8.50. The molecule has 2 aliphatic heterocycles. The quantitative estimate of drug-likeness (QED) is 0.452. The highest BCUT2D eigenvalue weighted by molar-refractivity contribution is 8.04. The van der Waals surface area contributed by atoms with Crippen molar-refractivity contribution in [2.24, 2.45) is 0 Å². The van der Waals surface area contributed by atoms with Gasteiger partial charge >= 0.3 is 0 Å². The third-order valence-corrected chi connectivity index (χ3v) is 10.2. The van der Waals surface area contributed by atoms with Crippen LogP contribution in [0.4, 0.5) is 0 Å². The molecular formula is C29H30N4O8S. The average molecular weight is 595 g/mol. The van der Waals surface area contributed by atoms with Crippen LogP contribution in [0.25, 0.3) is 11.0 Å². The zero-order valence-corrected chi connectivity index (χ0v) is 23.8. The van der Waals surface area contributed by atoms with Gasteiger partial charge in [-0.3, -0.25) is 24.2 Å². The number of amides is 2. The molecule has 220 valence electrons. The van der Waals surface area contributed by atoms with E-state index in [-0.39, 0.29) is 24.3 Å². The van der Waals surface area contributed by atoms with Crippen LogP contribution in [0.2, 0.25) is 0 Å². The van der Waals surface area contributed by atoms with Crippen molar-refractivity contribution in [2.45, 2.75) is 56.1 Å². The normalized spacial score (nSPS) is 22.2. The number of fused-ring (bicyclic) bond motifs is 2. The lowest BCUT2D eigenvalue weighted by atomic mass is 9.80. The Labute approximate surface area is 242 Å². The summed E-state index contributed by atoms with van der Waals surface area (Å²) in [7, 11) is -3.00. The summed E-state index contributed by atoms with van der Waals surface area (Å²) in [5.41, 5.74) is -0.891. The smallest absolute Gasteiger partial charge is 0.293 e. The first-order valence-electron chi connectivity index (χ1n) is 13.8. The molecule has 2 amide bonds. The predicted molar refractivity (Wildman–Crippen MR) is 149 cm³/mol. The van der Waals surface area contributed by atoms with E-state index in [0.29, 0.717) is 42.4 Å². The number of carbonyl (C=O) groups is 4. The number of nitrogens with zero attached hydrogens (tertiary/aromatic N) is 3. The number of methoxy groups -OCH3 is 1. The van der Waals surface area contributed by atoms with E-state index in [9.17, 15) is 27.6 Å². The molecule has 2 saturated heterocycles. The molecule has 1 N–H and O–H groups in total. The molecule has 6 rings (SSSR count). The Bertz CT molecular complexity index is 1680. The van der Waals surface area contributed by atoms with Crippen molar-refractivity contribution in [3.05, 3.63) is 60.1 Å². The fraction of sp³-hybridized carbons (Fsp3) is 0.414. The van der Waals surface area contributed by atoms with Crippen molar-refractivity contribution >= 4 is 43.7 Å². The lowest BCUT2D eigenvalue weighted by molar-refractivity contribution is -0.143. The molecule has 1 aliphatic carbocycles. The molecule has 4 heterocycles. The second-order valence-corrected chi connectivity index (χ2v) is 12.7. The first-order valence-corrected chi connectivity index (χ1v) is 15.3. The predicted octanol–water partition coefficient (Wildman–Crippen LogP) is 2.29. The third kappa shape index (κ3) is 4.66. The van der Waals surface area contributed by atoms with Crippen molar-refractivity contribution < 1.29 is 36.7 Å². The largest absolute Gasteiger partial charge is 0.497 e. The van der Waals surface area contributed by atoms with Gasteiger partial charge in [-0.15, -0.1) is 0 Å². The lowest BCUT2D eigenvalue weighted by Crippen LogP contribution is -2.62. The summed E-state index contributed by atoms with van der Waals surface area (Å²) in [5, 5.41) is 2.46. The zero-order valence-electron chi connectivity index (χ0n) is 22.9. The maximum absolute atomic E-state index is 14.2. The number of likely N-dealkylation sites (tertiary alicyclic amines) is 1. The van der Waals surface area contributed by atoms with Crippen molar-refractivity contribution in [3.63, 3.8) is 0 Å². The van der Waals surface area contributed by atoms with Crippen LogP contribution in [-0.4, -0.2) is 83.1 Å². The number of sulfonamides is 1. The molecule has 0 bridgehead atoms. The van der Waals surface area contributed by atoms with Crippen LogP contribution in [0.5, 0.6) is 5.75 Å². The minimum absolute atomic E-state index is 0.0402. The van der Waals surface area contributed by atoms with Crippen LogP contribution < -0.4 is 10.1 Å². The topological polar surface area (TPSA) is 156 Å². The molecule has 3 aromatic rings. The summed E-state index contributed by atoms with van der Waals surface area (Å²) < 4.78 is 38.5. The number of nitrogens with one attached hydrogen (secondary N) is 1. The molecule has 13 heteroatoms. The fourth-order valence-corrected chi connectivity index (χ4v) is 7.93. The van der Waals surface area contributed by atoms with Crippen LogP contribution in [0.15, 0.2) is 53.2 Å². The first kappa shape index (κ1) is 28.0. The van der Waals surface area contributed by atoms with Crippen LogP contribution >= 0.6 is 0 Å². The molecule has 42 heavy (non-hydrogen) atoms. The maximum atomic E-state index is 14.2. The van der Waals surface area contributed by atoms with E-state index < -0.39 is 56.9 Å². The number of pyridine rings is 1. The molecule has 3 aliphatic rings. The molecule has 1 saturated carbocycles. The second kappa shape index (κ2) is 10.6. The SMILES string of the molecule is COc1ccc2oc(C(=O)NC3(C(=O)N4CCC5C4C(=O)CN5S(=O)(=O)C(=O)c4cccnc4)CCCCC3)cc2c1. The van der Waals surface area contributed by atoms with Gasteiger partial charge in [-0.05, 0) is 55.7 Å². The lowest BCUT2D eigenvalue weighted by Gasteiger charge is -2.40. The summed E-state index contributed by atoms with van der Waals surface area (Å²) in [5.74, 6) is -0.792. The van der Waals surface area contributed by atoms with Crippen LogP contribution in [0, 0.1) is 0 Å². The Kier molecular flexibility index (Phi) is 7.09. The molecular weight excluding hydrogens is 564 g/mol. The summed E-state index contributed by atoms with van der Waals surface area (Å²) in [6.45, 7) is -0.385. The van der Waals surface area contributed by atoms with Gasteiger partial charge in [-0.25, -0.2) is 8.42 Å². The molecule has 0 radical (unpaired) electrons. The molecule has 0 spiro atoms. The Morgan fingerprint density at radius 3 is 2.62 bits per heavy atom. The van der Waals surface area contributed by atoms with E-state index in [4.69, 9.17) is 9.15 Å². The summed E-state index contributed by atoms with van der Waals surface area (Å²) in [4.78, 5) is 59.0. The van der Waals surface area contributed by atoms with Gasteiger partial charge in [-0.1, -0.05) is 19.3 Å². The number of rotatable bonds is 6. The molecule has 12 nitrogen and oxygen atoms in total. The number of benzene rings is 1. The fourth-order valence-electron chi connectivity index (χ4n) is 6.42. The van der Waals surface area contributed by atoms with Gasteiger partial charge in [0.15, 0.2) is 11.5 Å². The number of Topliss-reactive ketones (excluding diaryl/α,β-unsaturated/α-hetero) is 1. The van der Waals surface area contributed by atoms with Crippen LogP contribution in [0.1, 0.15) is 59.4 Å². The van der Waals surface area contributed by atoms with E-state index in [2.05, 4.69) is 10.3 Å². The number of aromatic nitrogens is 1. The molecule has 3 fully saturated rings. The Morgan fingerprint density at radius 2 is 1.90 bits per heavy atom. The number of furan rings is 1. The van der Waals surface area contributed by atoms with Gasteiger partial charge in [0.2, 0.25) is 5.91 Å². The monoisotopic (exact) mass is 594 g/mol. The minimum atomic E-state index is -4.54. The van der Waals surface area contributed by atoms with Crippen LogP contribution in [-0.2, 0) is 19.6 Å². The highest BCUT2D eigenvalue weighted by Gasteiger charge is 2.57. The average Bonchev–Trinajstić information content (AvgIpc) is 3.72. The number of hydrogen-bond donors (Lipinski definition) is 1. The molecule has 2 unspecified atom stereocenters. The Hall–Kier alpha value is -4.10. The maximum Gasteiger partial charge on any atom is 0.293 e. The molecule has 2 aromatic heterocycles. The van der Waals surface area contributed by atoms with E-state index in [1.165, 1.54) is 23.2 Å². The Morgan fingerprint density at radius 1 is 1.12 bits per heavy atom. The van der Waals surface area contributed by atoms with E-state index in [1.807, 2.05) is 0 Å². The van der Waals surface area contributed by atoms with Crippen molar-refractivity contribution in [3.8, 4) is 5.75 Å². The summed E-state index contributed by atoms with van der Waals surface area (Å²) >= 11 is 0. The van der Waals surface area contributed by atoms with Gasteiger partial charge in [0.1, 0.15) is 22.9 Å². The van der Waals surface area contributed by atoms with E-state index in [0.717, 1.165) is 16.9 Å². The number of hydrogen-bond acceptors (Lipinski definition) is 9. The van der Waals surface area contributed by atoms with Crippen LogP contribution in [0.3, 0.4) is 0 Å². The standard InChI is InChI=1S/C29H30N4O8S/c1-40-20-7-8-23-19(14-20)15-24(41-23)26(35)31-29(10-3-2-4-11-29)28(37)32-13-9-21-25(32)22(34)17-33(21)42(38,39)27(36)18-6-5-12-30-16-18/h5-8,12,14-16,21,25H,2-4,9-11,13,17H2,1H3,(H,31,35). The highest BCUT2D eigenvalue weighted by Crippen LogP contribution is 2.38. The van der Waals surface area contributed by atoms with E-state index in [1.54, 1.807) is 31.4 Å². The van der Waals surface area contributed by atoms with Crippen molar-refractivity contribution in [2.75, 3.05) is 20.2 Å². The number of carbonyl (C=O) groups excluding carboxylic acids is 4.